The first-order valence-corrected chi connectivity index (χ1v) is 46.7. The zero-order chi connectivity index (χ0) is 85.5. The number of phosphoric ester groups is 3. The van der Waals surface area contributed by atoms with E-state index in [1.165, 1.54) is 42.5 Å². The van der Waals surface area contributed by atoms with Crippen molar-refractivity contribution in [1.29, 1.82) is 0 Å². The van der Waals surface area contributed by atoms with E-state index in [2.05, 4.69) is 89.7 Å². The van der Waals surface area contributed by atoms with Crippen LogP contribution in [-0.2, 0) is 103 Å². The van der Waals surface area contributed by atoms with Crippen LogP contribution in [0.1, 0.15) is 62.4 Å². The Balaban J connectivity index is 0.000000156. The Morgan fingerprint density at radius 3 is 1.15 bits per heavy atom. The molecule has 0 saturated carbocycles. The predicted molar refractivity (Wildman–Crippen MR) is 402 cm³/mol. The summed E-state index contributed by atoms with van der Waals surface area (Å²) in [7, 11) is -29.5. The molecule has 0 spiro atoms. The average molecular weight is 1790 g/mol. The van der Waals surface area contributed by atoms with Crippen LogP contribution in [-0.4, -0.2) is 204 Å². The van der Waals surface area contributed by atoms with Gasteiger partial charge < -0.3 is 115 Å². The molecule has 3 aromatic carbocycles. The Kier molecular flexibility index (Phi) is 28.3. The number of phosphoric acid groups is 3. The van der Waals surface area contributed by atoms with Crippen molar-refractivity contribution in [2.24, 2.45) is 0 Å². The van der Waals surface area contributed by atoms with Crippen molar-refractivity contribution in [3.8, 4) is 0 Å². The second-order valence-electron chi connectivity index (χ2n) is 26.7. The minimum Gasteiger partial charge on any atom is -0.778 e. The summed E-state index contributed by atoms with van der Waals surface area (Å²) in [6.07, 6.45) is -1.02. The number of aromatic nitrogens is 12. The highest BCUT2D eigenvalue weighted by atomic mass is 31.3. The maximum absolute atomic E-state index is 12.1. The number of carbonyl (C=O) groups is 3. The van der Waals surface area contributed by atoms with Crippen LogP contribution < -0.4 is 61.3 Å². The van der Waals surface area contributed by atoms with Crippen molar-refractivity contribution in [1.82, 2.24) is 74.5 Å². The Hall–Kier alpha value is -8.60. The molecule has 0 bridgehead atoms. The number of nitrogens with zero attached hydrogens (tertiary/aromatic N) is 12. The molecule has 6 amide bonds. The summed E-state index contributed by atoms with van der Waals surface area (Å²) in [5.41, 5.74) is 4.28. The lowest BCUT2D eigenvalue weighted by Crippen LogP contribution is -2.32. The number of hydrogen-bond donors (Lipinski definition) is 6. The normalized spacial score (nSPS) is 27.2. The van der Waals surface area contributed by atoms with Gasteiger partial charge in [-0.3, -0.25) is 56.3 Å². The smallest absolute Gasteiger partial charge is 0.320 e. The number of hydrogen-bond acceptors (Lipinski definition) is 39. The highest BCUT2D eigenvalue weighted by Gasteiger charge is 2.57. The van der Waals surface area contributed by atoms with Crippen LogP contribution in [0.3, 0.4) is 0 Å². The monoisotopic (exact) mass is 1790 g/mol. The van der Waals surface area contributed by atoms with Crippen LogP contribution in [0.25, 0.3) is 39.6 Å². The van der Waals surface area contributed by atoms with Crippen molar-refractivity contribution in [2.45, 2.75) is 120 Å². The SMILES string of the molecule is CCNC(=O)Nc1ncnc2c1ncn2[C@@H]1O[C@H](COP(=O)([O-])OP(C)(=O)[O-])C2OC(Cc3ccccc3)O[C@@H]21.CCNC(=O)Nc1ncnc2c1ncn2[C@@H]1O[C@H](COP(=O)([O-])OP(C)(=O)[O-])C2O[C@H](/C=C/c3ccccc3)O[C@@H]21.CCNC(=O)Nc1ncnc2c1ncn2[C@@H]1O[C@H](COP(=O)([O-])OP(C)(=O)[O-])C2O[C@H](c3ccccc3)O[C@@H]21. The standard InChI is InChI=1S/C23H28N6O10P2.C22H28N6O10P2.C21H26N6O10P2/c1-3-24-23(30)28-20-17-21(26-12-25-20)29(13-27-17)22-19-18(15(36-22)11-35-41(33,34)39-40(2,31)32)37-16(38-19)10-9-14-7-5-4-6-8-14;1-3-23-22(29)27-19-16-20(25-11-24-19)28(12-26-16)21-18-17(36-15(37-18)9-13-7-5-4-6-8-13)14(35-21)10-34-40(32,33)38-39(2,30)31;1-3-22-21(28)26-17-14-18(24-10-23-17)27(11-25-14)19-16-15(35-20(36-16)12-7-5-4-6-8-12)13(34-19)9-33-39(31,32)37-38(2,29)30/h4-10,12-13,15-16,18-19,22H,3,11H2,1-2H3,(H,31,32)(H,33,34)(H2,24,25,26,28,30);4-8,11-12,14-15,17-18,21H,3,9-10H2,1-2H3,(H,30,31)(H,32,33)(H2,23,24,25,27,29);4-8,10-11,13,15-16,19-20H,3,9H2,1-2H3,(H,29,30)(H,31,32)(H2,22,23,24,26,28)/p-6/b10-9+;;/t15-,16+,18?,19+,22-;14-,15?,17?,18+,21-;13-,15?,16+,19-,20+/m111/s1. The Morgan fingerprint density at radius 2 is 0.758 bits per heavy atom. The molecule has 54 heteroatoms. The second-order valence-corrected chi connectivity index (χ2v) is 36.7. The first-order chi connectivity index (χ1) is 57.1. The fourth-order valence-electron chi connectivity index (χ4n) is 13.1. The summed E-state index contributed by atoms with van der Waals surface area (Å²) in [5.74, 6) is 0.490. The lowest BCUT2D eigenvalue weighted by Gasteiger charge is -2.30. The molecule has 0 aliphatic carbocycles. The minimum atomic E-state index is -5.22. The van der Waals surface area contributed by atoms with Crippen molar-refractivity contribution >= 4 is 121 Å². The van der Waals surface area contributed by atoms with E-state index in [-0.39, 0.29) is 34.0 Å². The number of fused-ring (bicyclic) bond motifs is 6. The number of imidazole rings is 3. The molecule has 120 heavy (non-hydrogen) atoms. The van der Waals surface area contributed by atoms with Gasteiger partial charge in [0.1, 0.15) is 96.7 Å². The van der Waals surface area contributed by atoms with E-state index >= 15 is 0 Å². The summed E-state index contributed by atoms with van der Waals surface area (Å²) >= 11 is 0. The molecule has 12 heterocycles. The van der Waals surface area contributed by atoms with Gasteiger partial charge in [0.25, 0.3) is 23.5 Å². The van der Waals surface area contributed by atoms with Gasteiger partial charge in [-0.25, -0.2) is 59.2 Å². The van der Waals surface area contributed by atoms with E-state index in [9.17, 15) is 71.1 Å². The maximum Gasteiger partial charge on any atom is 0.320 e. The molecule has 6 saturated heterocycles. The number of urea groups is 3. The van der Waals surface area contributed by atoms with Crippen LogP contribution >= 0.6 is 46.3 Å². The molecule has 6 aliphatic rings. The van der Waals surface area contributed by atoms with Crippen LogP contribution in [0.5, 0.6) is 0 Å². The number of nitrogens with one attached hydrogen (secondary N) is 6. The van der Waals surface area contributed by atoms with Gasteiger partial charge in [-0.1, -0.05) is 97.1 Å². The zero-order valence-corrected chi connectivity index (χ0v) is 69.1. The highest BCUT2D eigenvalue weighted by molar-refractivity contribution is 7.63. The largest absolute Gasteiger partial charge is 0.778 e. The van der Waals surface area contributed by atoms with Gasteiger partial charge in [0.2, 0.25) is 0 Å². The number of benzene rings is 3. The molecule has 21 atom stereocenters. The van der Waals surface area contributed by atoms with E-state index in [1.54, 1.807) is 54.2 Å². The van der Waals surface area contributed by atoms with E-state index in [0.717, 1.165) is 11.1 Å². The Labute approximate surface area is 680 Å². The van der Waals surface area contributed by atoms with Gasteiger partial charge in [0.15, 0.2) is 88.5 Å². The lowest BCUT2D eigenvalue weighted by atomic mass is 10.1. The Bertz CT molecular complexity index is 5450. The average Bonchev–Trinajstić information content (AvgIpc) is 1.60. The van der Waals surface area contributed by atoms with Gasteiger partial charge in [0, 0.05) is 51.6 Å². The van der Waals surface area contributed by atoms with Crippen LogP contribution in [0.4, 0.5) is 31.8 Å². The van der Waals surface area contributed by atoms with Crippen LogP contribution in [0, 0.1) is 0 Å². The molecule has 0 radical (unpaired) electrons. The van der Waals surface area contributed by atoms with E-state index in [1.807, 2.05) is 78.9 Å². The summed E-state index contributed by atoms with van der Waals surface area (Å²) in [4.78, 5) is 144. The summed E-state index contributed by atoms with van der Waals surface area (Å²) < 4.78 is 157. The number of carbonyl (C=O) groups excluding carboxylic acids is 3. The van der Waals surface area contributed by atoms with E-state index in [4.69, 9.17) is 56.2 Å². The number of anilines is 3. The number of rotatable bonds is 29. The summed E-state index contributed by atoms with van der Waals surface area (Å²) in [6, 6.07) is 26.5. The van der Waals surface area contributed by atoms with Crippen molar-refractivity contribution in [3.05, 3.63) is 152 Å². The van der Waals surface area contributed by atoms with E-state index in [0.29, 0.717) is 68.6 Å². The minimum absolute atomic E-state index is 0.160. The molecular weight excluding hydrogens is 1710 g/mol. The lowest BCUT2D eigenvalue weighted by molar-refractivity contribution is -0.236. The third-order valence-corrected chi connectivity index (χ3v) is 25.1. The van der Waals surface area contributed by atoms with Crippen molar-refractivity contribution in [3.63, 3.8) is 0 Å². The van der Waals surface area contributed by atoms with Crippen LogP contribution in [0.15, 0.2) is 135 Å². The third-order valence-electron chi connectivity index (χ3n) is 17.7. The van der Waals surface area contributed by atoms with Gasteiger partial charge in [-0.15, -0.1) is 0 Å². The molecule has 48 nitrogen and oxygen atoms in total. The third kappa shape index (κ3) is 22.6. The molecule has 15 rings (SSSR count). The highest BCUT2D eigenvalue weighted by Crippen LogP contribution is 2.57. The topological polar surface area (TPSA) is 633 Å². The molecule has 6 aliphatic heterocycles. The Morgan fingerprint density at radius 1 is 0.425 bits per heavy atom. The molecule has 10 unspecified atom stereocenters. The van der Waals surface area contributed by atoms with E-state index < -0.39 is 177 Å². The fraction of sp³-hybridized carbons (Fsp3) is 0.424. The maximum atomic E-state index is 12.1. The predicted octanol–water partition coefficient (Wildman–Crippen LogP) is 3.31. The molecule has 6 fully saturated rings. The molecule has 6 N–H and O–H groups in total. The summed E-state index contributed by atoms with van der Waals surface area (Å²) in [5, 5.41) is 15.6. The van der Waals surface area contributed by atoms with Gasteiger partial charge in [-0.05, 0) is 38.0 Å². The van der Waals surface area contributed by atoms with Crippen molar-refractivity contribution in [2.75, 3.05) is 75.4 Å². The van der Waals surface area contributed by atoms with Gasteiger partial charge >= 0.3 is 18.1 Å². The molecule has 6 aromatic heterocycles. The van der Waals surface area contributed by atoms with Crippen molar-refractivity contribution < 1.29 is 140 Å². The molecular formula is C66H76N18O30P6-6. The van der Waals surface area contributed by atoms with Crippen LogP contribution in [0.2, 0.25) is 0 Å². The fourth-order valence-corrected chi connectivity index (χ4v) is 19.0. The first kappa shape index (κ1) is 89.2. The molecule has 9 aromatic rings. The second kappa shape index (κ2) is 38.0. The molecule has 646 valence electrons. The van der Waals surface area contributed by atoms with Gasteiger partial charge in [-0.2, -0.15) is 0 Å². The van der Waals surface area contributed by atoms with Gasteiger partial charge in [0.05, 0.1) is 38.8 Å². The zero-order valence-electron chi connectivity index (χ0n) is 63.7. The number of ether oxygens (including phenoxy) is 9. The first-order valence-electron chi connectivity index (χ1n) is 36.3. The summed E-state index contributed by atoms with van der Waals surface area (Å²) in [6.45, 7) is 6.51. The number of amides is 6. The quantitative estimate of drug-likeness (QED) is 0.0366.